The number of carbonyl (C=O) groups excluding carboxylic acids is 1. The third-order valence-corrected chi connectivity index (χ3v) is 4.72. The van der Waals surface area contributed by atoms with E-state index < -0.39 is 0 Å². The van der Waals surface area contributed by atoms with Crippen LogP contribution in [0, 0.1) is 0 Å². The first-order valence-electron chi connectivity index (χ1n) is 7.10. The maximum Gasteiger partial charge on any atom is 0.217 e. The zero-order chi connectivity index (χ0) is 13.9. The van der Waals surface area contributed by atoms with Gasteiger partial charge >= 0.3 is 0 Å². The van der Waals surface area contributed by atoms with Gasteiger partial charge in [0.15, 0.2) is 5.13 Å². The first kappa shape index (κ1) is 13.4. The lowest BCUT2D eigenvalue weighted by atomic mass is 9.91. The molecule has 0 aliphatic heterocycles. The zero-order valence-electron chi connectivity index (χ0n) is 11.6. The standard InChI is InChI=1S/C15H19N3OS/c1-10(19)16-11-6-8-12(9-7-11)17-15-18-13-4-2-3-5-14(13)20-15/h2-5,11-12H,6-9H2,1H3,(H,16,19)(H,17,18). The van der Waals surface area contributed by atoms with Gasteiger partial charge in [-0.1, -0.05) is 23.5 Å². The van der Waals surface area contributed by atoms with Crippen molar-refractivity contribution < 1.29 is 4.79 Å². The molecule has 1 aliphatic carbocycles. The van der Waals surface area contributed by atoms with Crippen LogP contribution in [0.5, 0.6) is 0 Å². The smallest absolute Gasteiger partial charge is 0.217 e. The van der Waals surface area contributed by atoms with Crippen LogP contribution in [0.3, 0.4) is 0 Å². The molecule has 1 aromatic heterocycles. The molecule has 1 saturated carbocycles. The molecule has 1 amide bonds. The maximum atomic E-state index is 11.0. The number of nitrogens with one attached hydrogen (secondary N) is 2. The van der Waals surface area contributed by atoms with Gasteiger partial charge in [0.1, 0.15) is 0 Å². The van der Waals surface area contributed by atoms with Crippen LogP contribution in [0.1, 0.15) is 32.6 Å². The summed E-state index contributed by atoms with van der Waals surface area (Å²) in [5.41, 5.74) is 1.06. The number of para-hydroxylation sites is 1. The van der Waals surface area contributed by atoms with E-state index >= 15 is 0 Å². The molecule has 2 aromatic rings. The second-order valence-electron chi connectivity index (χ2n) is 5.38. The van der Waals surface area contributed by atoms with Crippen LogP contribution in [-0.4, -0.2) is 23.0 Å². The molecule has 1 fully saturated rings. The van der Waals surface area contributed by atoms with E-state index in [1.807, 2.05) is 18.2 Å². The second kappa shape index (κ2) is 5.79. The Hall–Kier alpha value is -1.62. The van der Waals surface area contributed by atoms with E-state index in [4.69, 9.17) is 0 Å². The quantitative estimate of drug-likeness (QED) is 0.912. The highest BCUT2D eigenvalue weighted by Gasteiger charge is 2.22. The summed E-state index contributed by atoms with van der Waals surface area (Å²) in [6.07, 6.45) is 4.26. The van der Waals surface area contributed by atoms with Crippen LogP contribution < -0.4 is 10.6 Å². The van der Waals surface area contributed by atoms with E-state index in [-0.39, 0.29) is 5.91 Å². The van der Waals surface area contributed by atoms with Crippen LogP contribution >= 0.6 is 11.3 Å². The summed E-state index contributed by atoms with van der Waals surface area (Å²) in [6, 6.07) is 9.03. The number of carbonyl (C=O) groups is 1. The first-order valence-corrected chi connectivity index (χ1v) is 7.91. The molecule has 0 spiro atoms. The Balaban J connectivity index is 1.58. The monoisotopic (exact) mass is 289 g/mol. The van der Waals surface area contributed by atoms with Crippen molar-refractivity contribution in [2.24, 2.45) is 0 Å². The molecular formula is C15H19N3OS. The summed E-state index contributed by atoms with van der Waals surface area (Å²) in [5, 5.41) is 7.56. The molecule has 0 bridgehead atoms. The van der Waals surface area contributed by atoms with E-state index in [1.165, 1.54) is 4.70 Å². The molecule has 20 heavy (non-hydrogen) atoms. The van der Waals surface area contributed by atoms with E-state index in [2.05, 4.69) is 21.7 Å². The van der Waals surface area contributed by atoms with Crippen LogP contribution in [0.4, 0.5) is 5.13 Å². The Labute approximate surface area is 122 Å². The van der Waals surface area contributed by atoms with Gasteiger partial charge in [0.2, 0.25) is 5.91 Å². The third-order valence-electron chi connectivity index (χ3n) is 3.76. The number of hydrogen-bond donors (Lipinski definition) is 2. The Morgan fingerprint density at radius 2 is 1.90 bits per heavy atom. The van der Waals surface area contributed by atoms with Gasteiger partial charge in [-0.05, 0) is 37.8 Å². The number of fused-ring (bicyclic) bond motifs is 1. The summed E-state index contributed by atoms with van der Waals surface area (Å²) in [6.45, 7) is 1.59. The minimum atomic E-state index is 0.0765. The molecular weight excluding hydrogens is 270 g/mol. The zero-order valence-corrected chi connectivity index (χ0v) is 12.4. The Kier molecular flexibility index (Phi) is 3.87. The number of hydrogen-bond acceptors (Lipinski definition) is 4. The predicted octanol–water partition coefficient (Wildman–Crippen LogP) is 3.16. The van der Waals surface area contributed by atoms with Crippen molar-refractivity contribution >= 4 is 32.6 Å². The highest BCUT2D eigenvalue weighted by atomic mass is 32.1. The molecule has 0 radical (unpaired) electrons. The molecule has 0 atom stereocenters. The number of aromatic nitrogens is 1. The van der Waals surface area contributed by atoms with Gasteiger partial charge in [-0.3, -0.25) is 4.79 Å². The molecule has 5 heteroatoms. The fourth-order valence-corrected chi connectivity index (χ4v) is 3.72. The Morgan fingerprint density at radius 1 is 1.20 bits per heavy atom. The van der Waals surface area contributed by atoms with E-state index in [9.17, 15) is 4.79 Å². The van der Waals surface area contributed by atoms with E-state index in [0.717, 1.165) is 36.3 Å². The topological polar surface area (TPSA) is 54.0 Å². The fourth-order valence-electron chi connectivity index (χ4n) is 2.78. The van der Waals surface area contributed by atoms with Crippen molar-refractivity contribution in [3.05, 3.63) is 24.3 Å². The molecule has 0 saturated heterocycles. The summed E-state index contributed by atoms with van der Waals surface area (Å²) >= 11 is 1.71. The summed E-state index contributed by atoms with van der Waals surface area (Å²) < 4.78 is 1.22. The summed E-state index contributed by atoms with van der Waals surface area (Å²) in [5.74, 6) is 0.0765. The van der Waals surface area contributed by atoms with Crippen molar-refractivity contribution in [2.75, 3.05) is 5.32 Å². The second-order valence-corrected chi connectivity index (χ2v) is 6.41. The van der Waals surface area contributed by atoms with Crippen molar-refractivity contribution in [1.29, 1.82) is 0 Å². The average molecular weight is 289 g/mol. The number of nitrogens with zero attached hydrogens (tertiary/aromatic N) is 1. The lowest BCUT2D eigenvalue weighted by Gasteiger charge is -2.29. The SMILES string of the molecule is CC(=O)NC1CCC(Nc2nc3ccccc3s2)CC1. The summed E-state index contributed by atoms with van der Waals surface area (Å²) in [7, 11) is 0. The van der Waals surface area contributed by atoms with Crippen LogP contribution in [0.15, 0.2) is 24.3 Å². The van der Waals surface area contributed by atoms with Gasteiger partial charge in [0.05, 0.1) is 10.2 Å². The normalized spacial score (nSPS) is 22.6. The van der Waals surface area contributed by atoms with Gasteiger partial charge in [0, 0.05) is 19.0 Å². The number of rotatable bonds is 3. The predicted molar refractivity (Wildman–Crippen MR) is 83.1 cm³/mol. The van der Waals surface area contributed by atoms with Gasteiger partial charge in [-0.25, -0.2) is 4.98 Å². The summed E-state index contributed by atoms with van der Waals surface area (Å²) in [4.78, 5) is 15.7. The van der Waals surface area contributed by atoms with Gasteiger partial charge in [0.25, 0.3) is 0 Å². The van der Waals surface area contributed by atoms with Crippen LogP contribution in [-0.2, 0) is 4.79 Å². The molecule has 2 N–H and O–H groups in total. The van der Waals surface area contributed by atoms with Gasteiger partial charge in [-0.2, -0.15) is 0 Å². The maximum absolute atomic E-state index is 11.0. The molecule has 1 aliphatic rings. The van der Waals surface area contributed by atoms with Gasteiger partial charge in [-0.15, -0.1) is 0 Å². The van der Waals surface area contributed by atoms with Crippen molar-refractivity contribution in [3.8, 4) is 0 Å². The minimum absolute atomic E-state index is 0.0765. The lowest BCUT2D eigenvalue weighted by molar-refractivity contribution is -0.119. The van der Waals surface area contributed by atoms with Crippen molar-refractivity contribution in [2.45, 2.75) is 44.7 Å². The number of amides is 1. The molecule has 3 rings (SSSR count). The lowest BCUT2D eigenvalue weighted by Crippen LogP contribution is -2.39. The highest BCUT2D eigenvalue weighted by molar-refractivity contribution is 7.22. The first-order chi connectivity index (χ1) is 9.70. The average Bonchev–Trinajstić information content (AvgIpc) is 2.82. The molecule has 1 heterocycles. The Bertz CT molecular complexity index is 569. The molecule has 106 valence electrons. The molecule has 4 nitrogen and oxygen atoms in total. The van der Waals surface area contributed by atoms with Crippen LogP contribution in [0.25, 0.3) is 10.2 Å². The highest BCUT2D eigenvalue weighted by Crippen LogP contribution is 2.28. The molecule has 1 aromatic carbocycles. The fraction of sp³-hybridized carbons (Fsp3) is 0.467. The van der Waals surface area contributed by atoms with Crippen molar-refractivity contribution in [3.63, 3.8) is 0 Å². The third kappa shape index (κ3) is 3.10. The minimum Gasteiger partial charge on any atom is -0.359 e. The Morgan fingerprint density at radius 3 is 2.60 bits per heavy atom. The van der Waals surface area contributed by atoms with Crippen LogP contribution in [0.2, 0.25) is 0 Å². The number of anilines is 1. The van der Waals surface area contributed by atoms with E-state index in [1.54, 1.807) is 18.3 Å². The van der Waals surface area contributed by atoms with Gasteiger partial charge < -0.3 is 10.6 Å². The molecule has 0 unspecified atom stereocenters. The largest absolute Gasteiger partial charge is 0.359 e. The number of benzene rings is 1. The van der Waals surface area contributed by atoms with E-state index in [0.29, 0.717) is 12.1 Å². The number of thiazole rings is 1. The van der Waals surface area contributed by atoms with Crippen molar-refractivity contribution in [1.82, 2.24) is 10.3 Å².